The molecule has 0 unspecified atom stereocenters. The van der Waals surface area contributed by atoms with E-state index in [1.807, 2.05) is 49.4 Å². The second-order valence-electron chi connectivity index (χ2n) is 7.05. The summed E-state index contributed by atoms with van der Waals surface area (Å²) in [7, 11) is 0. The van der Waals surface area contributed by atoms with Gasteiger partial charge in [-0.25, -0.2) is 0 Å². The van der Waals surface area contributed by atoms with E-state index in [4.69, 9.17) is 10.5 Å². The van der Waals surface area contributed by atoms with Crippen molar-refractivity contribution in [3.8, 4) is 5.88 Å². The van der Waals surface area contributed by atoms with E-state index in [2.05, 4.69) is 15.4 Å². The lowest BCUT2D eigenvalue weighted by atomic mass is 9.87. The molecular formula is C20H23N5O2. The molecule has 2 heterocycles. The molecule has 0 radical (unpaired) electrons. The number of hydrogen-bond acceptors (Lipinski definition) is 5. The zero-order valence-corrected chi connectivity index (χ0v) is 15.3. The van der Waals surface area contributed by atoms with Crippen LogP contribution in [-0.2, 0) is 4.79 Å². The number of amides is 1. The lowest BCUT2D eigenvalue weighted by Gasteiger charge is -2.27. The quantitative estimate of drug-likeness (QED) is 0.724. The van der Waals surface area contributed by atoms with Crippen molar-refractivity contribution < 1.29 is 9.53 Å². The van der Waals surface area contributed by atoms with Crippen molar-refractivity contribution in [2.45, 2.75) is 38.7 Å². The van der Waals surface area contributed by atoms with Gasteiger partial charge in [0.25, 0.3) is 0 Å². The Bertz CT molecular complexity index is 943. The number of carbonyl (C=O) groups is 1. The van der Waals surface area contributed by atoms with Gasteiger partial charge in [-0.15, -0.1) is 5.10 Å². The third kappa shape index (κ3) is 3.86. The minimum Gasteiger partial charge on any atom is -0.474 e. The van der Waals surface area contributed by atoms with Crippen LogP contribution in [0.3, 0.4) is 0 Å². The Balaban J connectivity index is 1.49. The molecule has 0 bridgehead atoms. The van der Waals surface area contributed by atoms with E-state index in [0.29, 0.717) is 17.5 Å². The molecule has 0 saturated heterocycles. The molecule has 0 spiro atoms. The summed E-state index contributed by atoms with van der Waals surface area (Å²) in [4.78, 5) is 15.8. The van der Waals surface area contributed by atoms with Crippen molar-refractivity contribution in [2.75, 3.05) is 5.32 Å². The molecule has 3 N–H and O–H groups in total. The van der Waals surface area contributed by atoms with Crippen LogP contribution in [0.25, 0.3) is 5.65 Å². The van der Waals surface area contributed by atoms with Crippen molar-refractivity contribution in [1.29, 1.82) is 0 Å². The number of benzene rings is 1. The minimum absolute atomic E-state index is 0.0303. The van der Waals surface area contributed by atoms with E-state index in [-0.39, 0.29) is 17.9 Å². The van der Waals surface area contributed by atoms with Crippen LogP contribution in [0.4, 0.5) is 11.6 Å². The monoisotopic (exact) mass is 365 g/mol. The Kier molecular flexibility index (Phi) is 4.66. The fraction of sp³-hybridized carbons (Fsp3) is 0.350. The van der Waals surface area contributed by atoms with Crippen molar-refractivity contribution >= 4 is 23.2 Å². The smallest absolute Gasteiger partial charge is 0.247 e. The molecule has 3 aromatic rings. The highest BCUT2D eigenvalue weighted by molar-refractivity contribution is 5.76. The zero-order valence-electron chi connectivity index (χ0n) is 15.3. The number of primary amides is 1. The number of aryl methyl sites for hydroxylation is 1. The molecule has 2 aromatic heterocycles. The maximum absolute atomic E-state index is 11.3. The molecule has 1 aliphatic rings. The Morgan fingerprint density at radius 3 is 2.59 bits per heavy atom. The van der Waals surface area contributed by atoms with Crippen LogP contribution in [0.15, 0.2) is 42.5 Å². The average molecular weight is 365 g/mol. The molecule has 1 amide bonds. The average Bonchev–Trinajstić information content (AvgIpc) is 3.08. The summed E-state index contributed by atoms with van der Waals surface area (Å²) in [5, 5.41) is 7.75. The molecule has 7 nitrogen and oxygen atoms in total. The number of nitrogens with zero attached hydrogens (tertiary/aromatic N) is 3. The molecule has 1 aliphatic carbocycles. The summed E-state index contributed by atoms with van der Waals surface area (Å²) in [5.74, 6) is 0.933. The van der Waals surface area contributed by atoms with Gasteiger partial charge in [-0.3, -0.25) is 4.79 Å². The summed E-state index contributed by atoms with van der Waals surface area (Å²) in [6, 6.07) is 13.8. The standard InChI is InChI=1S/C20H23N5O2/c1-13-5-9-15(10-6-13)22-20-23-17-3-2-4-18(25(17)24-20)27-16-11-7-14(8-12-16)19(21)26/h2-6,9-10,14,16H,7-8,11-12H2,1H3,(H2,21,26)(H,22,24)/t14-,16-. The Labute approximate surface area is 157 Å². The Morgan fingerprint density at radius 2 is 1.89 bits per heavy atom. The van der Waals surface area contributed by atoms with E-state index in [1.165, 1.54) is 5.56 Å². The first-order chi connectivity index (χ1) is 13.1. The molecule has 140 valence electrons. The first kappa shape index (κ1) is 17.3. The van der Waals surface area contributed by atoms with E-state index < -0.39 is 0 Å². The Hall–Kier alpha value is -3.09. The number of fused-ring (bicyclic) bond motifs is 1. The maximum atomic E-state index is 11.3. The van der Waals surface area contributed by atoms with Gasteiger partial charge >= 0.3 is 0 Å². The maximum Gasteiger partial charge on any atom is 0.247 e. The number of anilines is 2. The predicted octanol–water partition coefficient (Wildman–Crippen LogP) is 3.20. The van der Waals surface area contributed by atoms with Gasteiger partial charge in [0.1, 0.15) is 6.10 Å². The normalized spacial score (nSPS) is 19.7. The van der Waals surface area contributed by atoms with Gasteiger partial charge in [0.15, 0.2) is 5.65 Å². The number of carbonyl (C=O) groups excluding carboxylic acids is 1. The van der Waals surface area contributed by atoms with Crippen LogP contribution in [0.5, 0.6) is 5.88 Å². The van der Waals surface area contributed by atoms with Crippen molar-refractivity contribution in [3.05, 3.63) is 48.0 Å². The number of hydrogen-bond donors (Lipinski definition) is 2. The number of nitrogens with one attached hydrogen (secondary N) is 1. The Morgan fingerprint density at radius 1 is 1.15 bits per heavy atom. The van der Waals surface area contributed by atoms with Gasteiger partial charge < -0.3 is 15.8 Å². The van der Waals surface area contributed by atoms with Crippen LogP contribution in [0, 0.1) is 12.8 Å². The van der Waals surface area contributed by atoms with Crippen LogP contribution >= 0.6 is 0 Å². The van der Waals surface area contributed by atoms with Crippen LogP contribution < -0.4 is 15.8 Å². The predicted molar refractivity (Wildman–Crippen MR) is 103 cm³/mol. The molecule has 1 aromatic carbocycles. The highest BCUT2D eigenvalue weighted by Gasteiger charge is 2.26. The fourth-order valence-electron chi connectivity index (χ4n) is 3.43. The van der Waals surface area contributed by atoms with Crippen molar-refractivity contribution in [3.63, 3.8) is 0 Å². The highest BCUT2D eigenvalue weighted by atomic mass is 16.5. The molecule has 4 rings (SSSR count). The number of nitrogens with two attached hydrogens (primary N) is 1. The van der Waals surface area contributed by atoms with Gasteiger partial charge in [-0.05, 0) is 50.8 Å². The van der Waals surface area contributed by atoms with Gasteiger partial charge in [0.2, 0.25) is 17.7 Å². The number of pyridine rings is 1. The fourth-order valence-corrected chi connectivity index (χ4v) is 3.43. The summed E-state index contributed by atoms with van der Waals surface area (Å²) in [6.07, 6.45) is 3.23. The molecule has 0 atom stereocenters. The minimum atomic E-state index is -0.210. The van der Waals surface area contributed by atoms with Gasteiger partial charge in [-0.2, -0.15) is 9.50 Å². The second-order valence-corrected chi connectivity index (χ2v) is 7.05. The lowest BCUT2D eigenvalue weighted by Crippen LogP contribution is -2.31. The molecule has 1 fully saturated rings. The zero-order chi connectivity index (χ0) is 18.8. The molecule has 7 heteroatoms. The van der Waals surface area contributed by atoms with E-state index in [1.54, 1.807) is 4.52 Å². The van der Waals surface area contributed by atoms with Crippen LogP contribution in [0.1, 0.15) is 31.2 Å². The molecule has 1 saturated carbocycles. The van der Waals surface area contributed by atoms with Gasteiger partial charge in [-0.1, -0.05) is 23.8 Å². The second kappa shape index (κ2) is 7.26. The first-order valence-corrected chi connectivity index (χ1v) is 9.24. The highest BCUT2D eigenvalue weighted by Crippen LogP contribution is 2.28. The third-order valence-electron chi connectivity index (χ3n) is 5.00. The van der Waals surface area contributed by atoms with Gasteiger partial charge in [0, 0.05) is 17.7 Å². The summed E-state index contributed by atoms with van der Waals surface area (Å²) in [5.41, 5.74) is 8.25. The molecule has 27 heavy (non-hydrogen) atoms. The van der Waals surface area contributed by atoms with Crippen molar-refractivity contribution in [1.82, 2.24) is 14.6 Å². The summed E-state index contributed by atoms with van der Waals surface area (Å²) < 4.78 is 7.86. The number of aromatic nitrogens is 3. The van der Waals surface area contributed by atoms with Crippen molar-refractivity contribution in [2.24, 2.45) is 11.7 Å². The van der Waals surface area contributed by atoms with E-state index in [0.717, 1.165) is 31.4 Å². The summed E-state index contributed by atoms with van der Waals surface area (Å²) in [6.45, 7) is 2.05. The van der Waals surface area contributed by atoms with Gasteiger partial charge in [0.05, 0.1) is 0 Å². The largest absolute Gasteiger partial charge is 0.474 e. The molecule has 0 aliphatic heterocycles. The van der Waals surface area contributed by atoms with E-state index >= 15 is 0 Å². The first-order valence-electron chi connectivity index (χ1n) is 9.24. The number of rotatable bonds is 5. The topological polar surface area (TPSA) is 94.5 Å². The molecular weight excluding hydrogens is 342 g/mol. The summed E-state index contributed by atoms with van der Waals surface area (Å²) >= 11 is 0. The van der Waals surface area contributed by atoms with E-state index in [9.17, 15) is 4.79 Å². The SMILES string of the molecule is Cc1ccc(Nc2nc3cccc(O[C@H]4CC[C@H](C(N)=O)CC4)n3n2)cc1. The third-order valence-corrected chi connectivity index (χ3v) is 5.00. The van der Waals surface area contributed by atoms with Crippen LogP contribution in [0.2, 0.25) is 0 Å². The van der Waals surface area contributed by atoms with Crippen LogP contribution in [-0.4, -0.2) is 26.6 Å². The lowest BCUT2D eigenvalue weighted by molar-refractivity contribution is -0.123. The number of ether oxygens (including phenoxy) is 1.